The van der Waals surface area contributed by atoms with E-state index in [1.54, 1.807) is 42.5 Å². The predicted octanol–water partition coefficient (Wildman–Crippen LogP) is 2.96. The van der Waals surface area contributed by atoms with Crippen LogP contribution in [0.3, 0.4) is 0 Å². The van der Waals surface area contributed by atoms with Gasteiger partial charge in [0.25, 0.3) is 5.91 Å². The molecular weight excluding hydrogens is 306 g/mol. The topological polar surface area (TPSA) is 98.9 Å². The highest BCUT2D eigenvalue weighted by Gasteiger charge is 2.12. The van der Waals surface area contributed by atoms with Crippen LogP contribution < -0.4 is 16.0 Å². The van der Waals surface area contributed by atoms with Crippen LogP contribution >= 0.6 is 0 Å². The van der Waals surface area contributed by atoms with Crippen LogP contribution in [0.15, 0.2) is 48.5 Å². The molecule has 4 N–H and O–H groups in total. The summed E-state index contributed by atoms with van der Waals surface area (Å²) in [5.41, 5.74) is 1.93. The summed E-state index contributed by atoms with van der Waals surface area (Å²) in [5, 5.41) is 15.9. The summed E-state index contributed by atoms with van der Waals surface area (Å²) in [6, 6.07) is 13.9. The second-order valence-corrected chi connectivity index (χ2v) is 5.14. The van der Waals surface area contributed by atoms with E-state index in [1.807, 2.05) is 13.0 Å². The van der Waals surface area contributed by atoms with Crippen molar-refractivity contribution < 1.29 is 9.59 Å². The number of hydrogen-bond donors (Lipinski definition) is 4. The Morgan fingerprint density at radius 3 is 2.62 bits per heavy atom. The van der Waals surface area contributed by atoms with Gasteiger partial charge in [-0.2, -0.15) is 5.10 Å². The van der Waals surface area contributed by atoms with E-state index >= 15 is 0 Å². The number of carbonyl (C=O) groups is 2. The van der Waals surface area contributed by atoms with Crippen LogP contribution in [0.2, 0.25) is 0 Å². The average Bonchev–Trinajstić information content (AvgIpc) is 2.98. The Bertz CT molecular complexity index is 873. The monoisotopic (exact) mass is 323 g/mol. The third-order valence-corrected chi connectivity index (χ3v) is 3.43. The average molecular weight is 323 g/mol. The van der Waals surface area contributed by atoms with E-state index in [-0.39, 0.29) is 11.9 Å². The Balaban J connectivity index is 1.83. The Kier molecular flexibility index (Phi) is 4.42. The number of nitrogens with zero attached hydrogens (tertiary/aromatic N) is 1. The lowest BCUT2D eigenvalue weighted by Crippen LogP contribution is -2.28. The van der Waals surface area contributed by atoms with Gasteiger partial charge in [0.05, 0.1) is 5.52 Å². The molecule has 3 amide bonds. The highest BCUT2D eigenvalue weighted by molar-refractivity contribution is 6.08. The second-order valence-electron chi connectivity index (χ2n) is 5.14. The van der Waals surface area contributed by atoms with Crippen molar-refractivity contribution in [2.45, 2.75) is 6.92 Å². The van der Waals surface area contributed by atoms with Crippen molar-refractivity contribution in [2.75, 3.05) is 17.2 Å². The summed E-state index contributed by atoms with van der Waals surface area (Å²) in [4.78, 5) is 23.9. The molecule has 3 rings (SSSR count). The minimum Gasteiger partial charge on any atom is -0.338 e. The Hall–Kier alpha value is -3.35. The van der Waals surface area contributed by atoms with Crippen molar-refractivity contribution >= 4 is 34.3 Å². The number of H-pyrrole nitrogens is 1. The van der Waals surface area contributed by atoms with Gasteiger partial charge < -0.3 is 16.0 Å². The van der Waals surface area contributed by atoms with E-state index in [0.29, 0.717) is 29.0 Å². The Labute approximate surface area is 138 Å². The highest BCUT2D eigenvalue weighted by atomic mass is 16.2. The van der Waals surface area contributed by atoms with Gasteiger partial charge in [-0.1, -0.05) is 18.2 Å². The number of fused-ring (bicyclic) bond motifs is 1. The summed E-state index contributed by atoms with van der Waals surface area (Å²) < 4.78 is 0. The summed E-state index contributed by atoms with van der Waals surface area (Å²) in [7, 11) is 0. The number of aromatic amines is 1. The number of anilines is 2. The molecule has 1 aromatic heterocycles. The van der Waals surface area contributed by atoms with Gasteiger partial charge in [-0.05, 0) is 37.3 Å². The van der Waals surface area contributed by atoms with E-state index in [1.165, 1.54) is 0 Å². The first-order chi connectivity index (χ1) is 11.7. The van der Waals surface area contributed by atoms with Crippen LogP contribution in [0.25, 0.3) is 10.9 Å². The van der Waals surface area contributed by atoms with Gasteiger partial charge in [0.15, 0.2) is 5.82 Å². The first-order valence-corrected chi connectivity index (χ1v) is 7.56. The molecule has 0 spiro atoms. The van der Waals surface area contributed by atoms with Crippen molar-refractivity contribution in [1.29, 1.82) is 0 Å². The molecule has 0 bridgehead atoms. The molecule has 1 heterocycles. The number of benzene rings is 2. The minimum atomic E-state index is -0.282. The number of urea groups is 1. The van der Waals surface area contributed by atoms with Crippen LogP contribution in [0.1, 0.15) is 17.3 Å². The van der Waals surface area contributed by atoms with Gasteiger partial charge in [0.1, 0.15) is 0 Å². The number of aromatic nitrogens is 2. The van der Waals surface area contributed by atoms with Gasteiger partial charge in [0.2, 0.25) is 0 Å². The van der Waals surface area contributed by atoms with Crippen molar-refractivity contribution in [2.24, 2.45) is 0 Å². The van der Waals surface area contributed by atoms with Crippen molar-refractivity contribution in [3.63, 3.8) is 0 Å². The van der Waals surface area contributed by atoms with Crippen molar-refractivity contribution in [1.82, 2.24) is 15.5 Å². The SMILES string of the molecule is CCNC(=O)Nc1ccc2[nH]nc(NC(=O)c3ccccc3)c2c1. The molecular formula is C17H17N5O2. The lowest BCUT2D eigenvalue weighted by Gasteiger charge is -2.06. The van der Waals surface area contributed by atoms with Crippen LogP contribution in [0, 0.1) is 0 Å². The lowest BCUT2D eigenvalue weighted by molar-refractivity contribution is 0.102. The molecule has 2 aromatic carbocycles. The molecule has 0 saturated carbocycles. The van der Waals surface area contributed by atoms with Gasteiger partial charge in [0, 0.05) is 23.2 Å². The van der Waals surface area contributed by atoms with E-state index in [2.05, 4.69) is 26.1 Å². The number of amides is 3. The maximum absolute atomic E-state index is 12.3. The fraction of sp³-hybridized carbons (Fsp3) is 0.118. The van der Waals surface area contributed by atoms with Crippen LogP contribution in [0.4, 0.5) is 16.3 Å². The highest BCUT2D eigenvalue weighted by Crippen LogP contribution is 2.24. The zero-order valence-electron chi connectivity index (χ0n) is 13.1. The summed E-state index contributed by atoms with van der Waals surface area (Å²) in [5.74, 6) is 0.171. The largest absolute Gasteiger partial charge is 0.338 e. The van der Waals surface area contributed by atoms with Crippen molar-refractivity contribution in [3.05, 3.63) is 54.1 Å². The molecule has 0 saturated heterocycles. The normalized spacial score (nSPS) is 10.4. The molecule has 24 heavy (non-hydrogen) atoms. The lowest BCUT2D eigenvalue weighted by atomic mass is 10.2. The minimum absolute atomic E-state index is 0.244. The molecule has 0 radical (unpaired) electrons. The molecule has 0 unspecified atom stereocenters. The molecule has 122 valence electrons. The number of carbonyl (C=O) groups excluding carboxylic acids is 2. The van der Waals surface area contributed by atoms with Gasteiger partial charge >= 0.3 is 6.03 Å². The Morgan fingerprint density at radius 1 is 1.08 bits per heavy atom. The number of rotatable bonds is 4. The van der Waals surface area contributed by atoms with Gasteiger partial charge in [-0.25, -0.2) is 4.79 Å². The fourth-order valence-electron chi connectivity index (χ4n) is 2.29. The Morgan fingerprint density at radius 2 is 1.88 bits per heavy atom. The number of nitrogens with one attached hydrogen (secondary N) is 4. The van der Waals surface area contributed by atoms with Gasteiger partial charge in [-0.15, -0.1) is 0 Å². The number of hydrogen-bond acceptors (Lipinski definition) is 3. The van der Waals surface area contributed by atoms with E-state index in [4.69, 9.17) is 0 Å². The first-order valence-electron chi connectivity index (χ1n) is 7.56. The first kappa shape index (κ1) is 15.5. The molecule has 0 atom stereocenters. The van der Waals surface area contributed by atoms with Crippen LogP contribution in [-0.4, -0.2) is 28.7 Å². The standard InChI is InChI=1S/C17H17N5O2/c1-2-18-17(24)19-12-8-9-14-13(10-12)15(22-21-14)20-16(23)11-6-4-3-5-7-11/h3-10H,2H2,1H3,(H2,18,19,24)(H2,20,21,22,23). The molecule has 7 heteroatoms. The maximum atomic E-state index is 12.3. The maximum Gasteiger partial charge on any atom is 0.319 e. The summed E-state index contributed by atoms with van der Waals surface area (Å²) >= 11 is 0. The molecule has 0 aliphatic rings. The smallest absolute Gasteiger partial charge is 0.319 e. The quantitative estimate of drug-likeness (QED) is 0.594. The fourth-order valence-corrected chi connectivity index (χ4v) is 2.29. The summed E-state index contributed by atoms with van der Waals surface area (Å²) in [6.45, 7) is 2.38. The van der Waals surface area contributed by atoms with Gasteiger partial charge in [-0.3, -0.25) is 9.89 Å². The predicted molar refractivity (Wildman–Crippen MR) is 93.2 cm³/mol. The zero-order valence-corrected chi connectivity index (χ0v) is 13.1. The molecule has 0 aliphatic carbocycles. The summed E-state index contributed by atoms with van der Waals surface area (Å²) in [6.07, 6.45) is 0. The molecule has 0 fully saturated rings. The third-order valence-electron chi connectivity index (χ3n) is 3.43. The third kappa shape index (κ3) is 3.35. The van der Waals surface area contributed by atoms with E-state index in [9.17, 15) is 9.59 Å². The van der Waals surface area contributed by atoms with Crippen LogP contribution in [-0.2, 0) is 0 Å². The molecule has 3 aromatic rings. The van der Waals surface area contributed by atoms with E-state index in [0.717, 1.165) is 5.52 Å². The van der Waals surface area contributed by atoms with Crippen LogP contribution in [0.5, 0.6) is 0 Å². The van der Waals surface area contributed by atoms with Crippen molar-refractivity contribution in [3.8, 4) is 0 Å². The second kappa shape index (κ2) is 6.82. The molecule has 0 aliphatic heterocycles. The molecule has 7 nitrogen and oxygen atoms in total. The van der Waals surface area contributed by atoms with E-state index < -0.39 is 0 Å². The zero-order chi connectivity index (χ0) is 16.9.